The number of rotatable bonds is 4. The van der Waals surface area contributed by atoms with Gasteiger partial charge in [-0.1, -0.05) is 0 Å². The molecule has 5 heteroatoms. The summed E-state index contributed by atoms with van der Waals surface area (Å²) in [6.45, 7) is 9.13. The Balaban J connectivity index is 2.08. The van der Waals surface area contributed by atoms with Crippen molar-refractivity contribution in [3.8, 4) is 0 Å². The molecule has 2 aromatic heterocycles. The maximum absolute atomic E-state index is 4.49. The third-order valence-electron chi connectivity index (χ3n) is 2.50. The fraction of sp³-hybridized carbons (Fsp3) is 0.500. The SMILES string of the molecule is Cc1cn(C(C)C)c(NCc2cnc(C)s2)n1. The molecule has 2 rings (SSSR count). The van der Waals surface area contributed by atoms with Gasteiger partial charge in [-0.2, -0.15) is 0 Å². The molecule has 1 N–H and O–H groups in total. The van der Waals surface area contributed by atoms with Crippen LogP contribution in [0.4, 0.5) is 5.95 Å². The Morgan fingerprint density at radius 3 is 2.76 bits per heavy atom. The smallest absolute Gasteiger partial charge is 0.203 e. The maximum Gasteiger partial charge on any atom is 0.203 e. The molecule has 0 bridgehead atoms. The average molecular weight is 250 g/mol. The van der Waals surface area contributed by atoms with E-state index in [0.29, 0.717) is 6.04 Å². The molecule has 0 fully saturated rings. The van der Waals surface area contributed by atoms with E-state index in [2.05, 4.69) is 39.9 Å². The molecule has 92 valence electrons. The third-order valence-corrected chi connectivity index (χ3v) is 3.41. The molecule has 2 heterocycles. The van der Waals surface area contributed by atoms with Gasteiger partial charge in [-0.3, -0.25) is 0 Å². The summed E-state index contributed by atoms with van der Waals surface area (Å²) in [6.07, 6.45) is 3.99. The minimum absolute atomic E-state index is 0.418. The Bertz CT molecular complexity index is 498. The van der Waals surface area contributed by atoms with Crippen LogP contribution in [0.5, 0.6) is 0 Å². The van der Waals surface area contributed by atoms with Crippen molar-refractivity contribution >= 4 is 17.3 Å². The summed E-state index contributed by atoms with van der Waals surface area (Å²) in [6, 6.07) is 0.418. The van der Waals surface area contributed by atoms with E-state index in [-0.39, 0.29) is 0 Å². The van der Waals surface area contributed by atoms with Crippen LogP contribution in [0.2, 0.25) is 0 Å². The first kappa shape index (κ1) is 12.1. The molecule has 0 aliphatic rings. The van der Waals surface area contributed by atoms with Gasteiger partial charge < -0.3 is 9.88 Å². The fourth-order valence-corrected chi connectivity index (χ4v) is 2.43. The van der Waals surface area contributed by atoms with Crippen molar-refractivity contribution < 1.29 is 0 Å². The number of nitrogens with zero attached hydrogens (tertiary/aromatic N) is 3. The fourth-order valence-electron chi connectivity index (χ4n) is 1.69. The summed E-state index contributed by atoms with van der Waals surface area (Å²) >= 11 is 1.72. The van der Waals surface area contributed by atoms with E-state index in [9.17, 15) is 0 Å². The molecule has 0 radical (unpaired) electrons. The Labute approximate surface area is 106 Å². The highest BCUT2D eigenvalue weighted by molar-refractivity contribution is 7.11. The molecule has 0 saturated heterocycles. The van der Waals surface area contributed by atoms with E-state index in [1.807, 2.05) is 20.0 Å². The van der Waals surface area contributed by atoms with Crippen LogP contribution in [0, 0.1) is 13.8 Å². The zero-order valence-corrected chi connectivity index (χ0v) is 11.5. The van der Waals surface area contributed by atoms with Gasteiger partial charge in [-0.15, -0.1) is 11.3 Å². The second kappa shape index (κ2) is 4.87. The zero-order valence-electron chi connectivity index (χ0n) is 10.7. The number of hydrogen-bond acceptors (Lipinski definition) is 4. The topological polar surface area (TPSA) is 42.7 Å². The quantitative estimate of drug-likeness (QED) is 0.906. The van der Waals surface area contributed by atoms with Crippen LogP contribution in [-0.4, -0.2) is 14.5 Å². The number of anilines is 1. The molecule has 0 spiro atoms. The monoisotopic (exact) mass is 250 g/mol. The van der Waals surface area contributed by atoms with Crippen LogP contribution in [0.3, 0.4) is 0 Å². The molecule has 0 aliphatic heterocycles. The van der Waals surface area contributed by atoms with Gasteiger partial charge >= 0.3 is 0 Å². The first-order valence-electron chi connectivity index (χ1n) is 5.77. The Morgan fingerprint density at radius 1 is 1.41 bits per heavy atom. The van der Waals surface area contributed by atoms with Gasteiger partial charge in [-0.25, -0.2) is 9.97 Å². The van der Waals surface area contributed by atoms with Gasteiger partial charge in [0.2, 0.25) is 5.95 Å². The summed E-state index contributed by atoms with van der Waals surface area (Å²) in [5.74, 6) is 0.934. The minimum atomic E-state index is 0.418. The molecule has 0 aromatic carbocycles. The van der Waals surface area contributed by atoms with E-state index < -0.39 is 0 Å². The molecular weight excluding hydrogens is 232 g/mol. The third kappa shape index (κ3) is 2.85. The number of aromatic nitrogens is 3. The van der Waals surface area contributed by atoms with Crippen molar-refractivity contribution in [3.63, 3.8) is 0 Å². The summed E-state index contributed by atoms with van der Waals surface area (Å²) in [4.78, 5) is 9.97. The van der Waals surface area contributed by atoms with Gasteiger partial charge in [0.25, 0.3) is 0 Å². The highest BCUT2D eigenvalue weighted by Crippen LogP contribution is 2.17. The molecule has 0 saturated carbocycles. The van der Waals surface area contributed by atoms with Crippen LogP contribution in [0.25, 0.3) is 0 Å². The van der Waals surface area contributed by atoms with Crippen LogP contribution >= 0.6 is 11.3 Å². The van der Waals surface area contributed by atoms with E-state index >= 15 is 0 Å². The van der Waals surface area contributed by atoms with E-state index in [4.69, 9.17) is 0 Å². The molecular formula is C12H18N4S. The maximum atomic E-state index is 4.49. The van der Waals surface area contributed by atoms with Gasteiger partial charge in [0, 0.05) is 23.3 Å². The van der Waals surface area contributed by atoms with E-state index in [0.717, 1.165) is 23.2 Å². The van der Waals surface area contributed by atoms with Crippen molar-refractivity contribution in [1.29, 1.82) is 0 Å². The van der Waals surface area contributed by atoms with Crippen LogP contribution in [-0.2, 0) is 6.54 Å². The highest BCUT2D eigenvalue weighted by atomic mass is 32.1. The van der Waals surface area contributed by atoms with Crippen molar-refractivity contribution in [1.82, 2.24) is 14.5 Å². The lowest BCUT2D eigenvalue weighted by Crippen LogP contribution is -2.08. The largest absolute Gasteiger partial charge is 0.351 e. The minimum Gasteiger partial charge on any atom is -0.351 e. The number of imidazole rings is 1. The van der Waals surface area contributed by atoms with E-state index in [1.165, 1.54) is 4.88 Å². The number of thiazole rings is 1. The molecule has 4 nitrogen and oxygen atoms in total. The molecule has 0 amide bonds. The van der Waals surface area contributed by atoms with Gasteiger partial charge in [0.05, 0.1) is 17.2 Å². The second-order valence-electron chi connectivity index (χ2n) is 4.41. The standard InChI is InChI=1S/C12H18N4S/c1-8(2)16-7-9(3)15-12(16)14-6-11-5-13-10(4)17-11/h5,7-8H,6H2,1-4H3,(H,14,15). The Kier molecular flexibility index (Phi) is 3.47. The zero-order chi connectivity index (χ0) is 12.4. The van der Waals surface area contributed by atoms with Crippen LogP contribution < -0.4 is 5.32 Å². The average Bonchev–Trinajstić information content (AvgIpc) is 2.82. The lowest BCUT2D eigenvalue weighted by molar-refractivity contribution is 0.604. The first-order valence-corrected chi connectivity index (χ1v) is 6.58. The van der Waals surface area contributed by atoms with Crippen LogP contribution in [0.1, 0.15) is 35.5 Å². The molecule has 0 atom stereocenters. The van der Waals surface area contributed by atoms with Gasteiger partial charge in [-0.05, 0) is 27.7 Å². The normalized spacial score (nSPS) is 11.1. The van der Waals surface area contributed by atoms with Crippen molar-refractivity contribution in [2.24, 2.45) is 0 Å². The number of aryl methyl sites for hydroxylation is 2. The number of nitrogens with one attached hydrogen (secondary N) is 1. The molecule has 17 heavy (non-hydrogen) atoms. The van der Waals surface area contributed by atoms with Crippen molar-refractivity contribution in [2.45, 2.75) is 40.3 Å². The summed E-state index contributed by atoms with van der Waals surface area (Å²) in [7, 11) is 0. The predicted molar refractivity (Wildman–Crippen MR) is 71.5 cm³/mol. The summed E-state index contributed by atoms with van der Waals surface area (Å²) < 4.78 is 2.16. The summed E-state index contributed by atoms with van der Waals surface area (Å²) in [5.41, 5.74) is 1.04. The van der Waals surface area contributed by atoms with Crippen molar-refractivity contribution in [2.75, 3.05) is 5.32 Å². The highest BCUT2D eigenvalue weighted by Gasteiger charge is 2.08. The lowest BCUT2D eigenvalue weighted by Gasteiger charge is -2.11. The second-order valence-corrected chi connectivity index (χ2v) is 5.73. The molecule has 0 unspecified atom stereocenters. The van der Waals surface area contributed by atoms with Gasteiger partial charge in [0.15, 0.2) is 0 Å². The van der Waals surface area contributed by atoms with Crippen LogP contribution in [0.15, 0.2) is 12.4 Å². The van der Waals surface area contributed by atoms with E-state index in [1.54, 1.807) is 11.3 Å². The first-order chi connectivity index (χ1) is 8.06. The predicted octanol–water partition coefficient (Wildman–Crippen LogP) is 3.15. The van der Waals surface area contributed by atoms with Crippen molar-refractivity contribution in [3.05, 3.63) is 28.0 Å². The Hall–Kier alpha value is -1.36. The van der Waals surface area contributed by atoms with Gasteiger partial charge in [0.1, 0.15) is 0 Å². The number of hydrogen-bond donors (Lipinski definition) is 1. The molecule has 2 aromatic rings. The molecule has 0 aliphatic carbocycles. The Morgan fingerprint density at radius 2 is 2.18 bits per heavy atom. The summed E-state index contributed by atoms with van der Waals surface area (Å²) in [5, 5.41) is 4.47. The lowest BCUT2D eigenvalue weighted by atomic mass is 10.4.